The second-order valence-electron chi connectivity index (χ2n) is 8.94. The average molecular weight is 466 g/mol. The Bertz CT molecular complexity index is 935. The molecule has 7 nitrogen and oxygen atoms in total. The van der Waals surface area contributed by atoms with Crippen molar-refractivity contribution in [3.05, 3.63) is 71.8 Å². The molecule has 1 aliphatic carbocycles. The van der Waals surface area contributed by atoms with Crippen LogP contribution in [0.2, 0.25) is 0 Å². The van der Waals surface area contributed by atoms with Gasteiger partial charge in [0.2, 0.25) is 11.8 Å². The van der Waals surface area contributed by atoms with Crippen molar-refractivity contribution >= 4 is 17.7 Å². The summed E-state index contributed by atoms with van der Waals surface area (Å²) in [6.45, 7) is 2.45. The maximum Gasteiger partial charge on any atom is 0.265 e. The molecule has 1 aliphatic rings. The van der Waals surface area contributed by atoms with Gasteiger partial charge in [-0.15, -0.1) is 0 Å². The normalized spacial score (nSPS) is 18.5. The Morgan fingerprint density at radius 3 is 2.06 bits per heavy atom. The number of nitrogens with zero attached hydrogens (tertiary/aromatic N) is 1. The molecule has 1 saturated carbocycles. The highest BCUT2D eigenvalue weighted by Gasteiger charge is 2.39. The van der Waals surface area contributed by atoms with Gasteiger partial charge in [-0.05, 0) is 43.7 Å². The van der Waals surface area contributed by atoms with Gasteiger partial charge >= 0.3 is 0 Å². The highest BCUT2D eigenvalue weighted by molar-refractivity contribution is 5.91. The van der Waals surface area contributed by atoms with Gasteiger partial charge in [0.15, 0.2) is 0 Å². The van der Waals surface area contributed by atoms with Crippen molar-refractivity contribution in [3.63, 3.8) is 0 Å². The van der Waals surface area contributed by atoms with Crippen molar-refractivity contribution in [2.45, 2.75) is 51.5 Å². The van der Waals surface area contributed by atoms with E-state index in [1.54, 1.807) is 12.4 Å². The van der Waals surface area contributed by atoms with Crippen LogP contribution < -0.4 is 10.8 Å². The lowest BCUT2D eigenvalue weighted by Gasteiger charge is -2.36. The molecule has 1 unspecified atom stereocenters. The maximum absolute atomic E-state index is 13.7. The summed E-state index contributed by atoms with van der Waals surface area (Å²) in [5.41, 5.74) is 3.87. The van der Waals surface area contributed by atoms with E-state index in [0.717, 1.165) is 30.4 Å². The molecule has 0 aromatic heterocycles. The first-order valence-corrected chi connectivity index (χ1v) is 12.1. The first kappa shape index (κ1) is 25.4. The van der Waals surface area contributed by atoms with Crippen LogP contribution in [0.1, 0.15) is 43.7 Å². The molecule has 1 fully saturated rings. The monoisotopic (exact) mass is 465 g/mol. The molecule has 0 spiro atoms. The third-order valence-corrected chi connectivity index (χ3v) is 6.70. The van der Waals surface area contributed by atoms with Crippen molar-refractivity contribution in [3.8, 4) is 0 Å². The molecular weight excluding hydrogens is 430 g/mol. The second-order valence-corrected chi connectivity index (χ2v) is 8.94. The Hall–Kier alpha value is -3.19. The van der Waals surface area contributed by atoms with E-state index in [-0.39, 0.29) is 11.8 Å². The fourth-order valence-corrected chi connectivity index (χ4v) is 4.68. The number of hydrogen-bond donors (Lipinski definition) is 3. The molecule has 3 amide bonds. The van der Waals surface area contributed by atoms with Crippen LogP contribution >= 0.6 is 0 Å². The molecule has 3 rings (SSSR count). The van der Waals surface area contributed by atoms with Gasteiger partial charge in [0.05, 0.1) is 0 Å². The standard InChI is InChI=1S/C27H35N3O4/c1-20(25(31)29-34)30(19-17-22-12-6-3-7-13-22)27(33)24-15-9-8-14-23(24)26(32)28-18-16-21-10-4-2-5-11-21/h2-7,10-13,20,23-24,34H,8-9,14-19H2,1H3,(H,28,32)(H,29,31)/t20-,23+,24?/m1/s1. The molecule has 0 heterocycles. The largest absolute Gasteiger partial charge is 0.356 e. The van der Waals surface area contributed by atoms with Gasteiger partial charge in [-0.1, -0.05) is 73.5 Å². The summed E-state index contributed by atoms with van der Waals surface area (Å²) >= 11 is 0. The number of rotatable bonds is 10. The lowest BCUT2D eigenvalue weighted by Crippen LogP contribution is -2.52. The second kappa shape index (κ2) is 12.9. The van der Waals surface area contributed by atoms with E-state index in [1.807, 2.05) is 60.7 Å². The lowest BCUT2D eigenvalue weighted by atomic mass is 9.77. The van der Waals surface area contributed by atoms with Gasteiger partial charge in [-0.2, -0.15) is 0 Å². The number of nitrogens with one attached hydrogen (secondary N) is 2. The van der Waals surface area contributed by atoms with E-state index in [2.05, 4.69) is 5.32 Å². The Balaban J connectivity index is 1.68. The summed E-state index contributed by atoms with van der Waals surface area (Å²) in [7, 11) is 0. The third kappa shape index (κ3) is 6.90. The fourth-order valence-electron chi connectivity index (χ4n) is 4.68. The summed E-state index contributed by atoms with van der Waals surface area (Å²) < 4.78 is 0. The molecule has 7 heteroatoms. The quantitative estimate of drug-likeness (QED) is 0.371. The van der Waals surface area contributed by atoms with Gasteiger partial charge in [-0.25, -0.2) is 5.48 Å². The van der Waals surface area contributed by atoms with Crippen molar-refractivity contribution in [1.29, 1.82) is 0 Å². The number of carbonyl (C=O) groups excluding carboxylic acids is 3. The van der Waals surface area contributed by atoms with Crippen LogP contribution in [0.25, 0.3) is 0 Å². The third-order valence-electron chi connectivity index (χ3n) is 6.70. The zero-order valence-corrected chi connectivity index (χ0v) is 19.8. The van der Waals surface area contributed by atoms with E-state index in [9.17, 15) is 14.4 Å². The molecule has 3 N–H and O–H groups in total. The molecule has 0 bridgehead atoms. The minimum Gasteiger partial charge on any atom is -0.356 e. The van der Waals surface area contributed by atoms with E-state index in [0.29, 0.717) is 32.4 Å². The van der Waals surface area contributed by atoms with Crippen LogP contribution in [0.4, 0.5) is 0 Å². The average Bonchev–Trinajstić information content (AvgIpc) is 2.89. The highest BCUT2D eigenvalue weighted by Crippen LogP contribution is 2.32. The van der Waals surface area contributed by atoms with Gasteiger partial charge in [-0.3, -0.25) is 19.6 Å². The minimum atomic E-state index is -0.843. The van der Waals surface area contributed by atoms with Crippen molar-refractivity contribution in [1.82, 2.24) is 15.7 Å². The predicted octanol–water partition coefficient (Wildman–Crippen LogP) is 3.12. The number of carbonyl (C=O) groups is 3. The molecule has 0 aliphatic heterocycles. The summed E-state index contributed by atoms with van der Waals surface area (Å²) in [6.07, 6.45) is 4.35. The Kier molecular flexibility index (Phi) is 9.64. The number of hydroxylamine groups is 1. The van der Waals surface area contributed by atoms with Crippen LogP contribution in [0, 0.1) is 11.8 Å². The smallest absolute Gasteiger partial charge is 0.265 e. The molecule has 3 atom stereocenters. The highest BCUT2D eigenvalue weighted by atomic mass is 16.5. The Morgan fingerprint density at radius 2 is 1.47 bits per heavy atom. The molecule has 182 valence electrons. The zero-order valence-electron chi connectivity index (χ0n) is 19.8. The van der Waals surface area contributed by atoms with Gasteiger partial charge in [0, 0.05) is 24.9 Å². The number of amides is 3. The van der Waals surface area contributed by atoms with Crippen molar-refractivity contribution in [2.75, 3.05) is 13.1 Å². The van der Waals surface area contributed by atoms with Crippen LogP contribution in [0.3, 0.4) is 0 Å². The van der Waals surface area contributed by atoms with Crippen molar-refractivity contribution < 1.29 is 19.6 Å². The molecular formula is C27H35N3O4. The first-order valence-electron chi connectivity index (χ1n) is 12.1. The van der Waals surface area contributed by atoms with Crippen molar-refractivity contribution in [2.24, 2.45) is 11.8 Å². The summed E-state index contributed by atoms with van der Waals surface area (Å²) in [5.74, 6) is -1.83. The van der Waals surface area contributed by atoms with Gasteiger partial charge in [0.1, 0.15) is 6.04 Å². The van der Waals surface area contributed by atoms with E-state index >= 15 is 0 Å². The zero-order chi connectivity index (χ0) is 24.3. The molecule has 0 radical (unpaired) electrons. The van der Waals surface area contributed by atoms with Crippen LogP contribution in [0.5, 0.6) is 0 Å². The molecule has 2 aromatic rings. The Morgan fingerprint density at radius 1 is 0.912 bits per heavy atom. The minimum absolute atomic E-state index is 0.101. The van der Waals surface area contributed by atoms with E-state index in [1.165, 1.54) is 4.90 Å². The van der Waals surface area contributed by atoms with E-state index < -0.39 is 23.8 Å². The van der Waals surface area contributed by atoms with Crippen LogP contribution in [-0.2, 0) is 27.2 Å². The maximum atomic E-state index is 13.7. The Labute approximate surface area is 201 Å². The predicted molar refractivity (Wildman–Crippen MR) is 130 cm³/mol. The first-order chi connectivity index (χ1) is 16.5. The van der Waals surface area contributed by atoms with Gasteiger partial charge < -0.3 is 10.2 Å². The van der Waals surface area contributed by atoms with Crippen LogP contribution in [-0.4, -0.2) is 47.0 Å². The van der Waals surface area contributed by atoms with E-state index in [4.69, 9.17) is 5.21 Å². The van der Waals surface area contributed by atoms with Crippen LogP contribution in [0.15, 0.2) is 60.7 Å². The SMILES string of the molecule is C[C@H](C(=O)NO)N(CCc1ccccc1)C(=O)C1CCCC[C@@H]1C(=O)NCCc1ccccc1. The summed E-state index contributed by atoms with van der Waals surface area (Å²) in [5, 5.41) is 12.2. The summed E-state index contributed by atoms with van der Waals surface area (Å²) in [4.78, 5) is 40.5. The van der Waals surface area contributed by atoms with Gasteiger partial charge in [0.25, 0.3) is 5.91 Å². The lowest BCUT2D eigenvalue weighted by molar-refractivity contribution is -0.150. The molecule has 34 heavy (non-hydrogen) atoms. The number of hydrogen-bond acceptors (Lipinski definition) is 4. The molecule has 2 aromatic carbocycles. The summed E-state index contributed by atoms with van der Waals surface area (Å²) in [6, 6.07) is 18.9. The topological polar surface area (TPSA) is 98.7 Å². The molecule has 0 saturated heterocycles. The number of benzene rings is 2. The fraction of sp³-hybridized carbons (Fsp3) is 0.444.